The van der Waals surface area contributed by atoms with Gasteiger partial charge in [0.2, 0.25) is 5.91 Å². The van der Waals surface area contributed by atoms with E-state index in [0.29, 0.717) is 24.9 Å². The SMILES string of the molecule is NCC1(CC(=O)N2CCC(N3CCCC3)C2)CCC1. The summed E-state index contributed by atoms with van der Waals surface area (Å²) in [6.07, 6.45) is 8.08. The van der Waals surface area contributed by atoms with E-state index in [1.807, 2.05) is 0 Å². The van der Waals surface area contributed by atoms with E-state index >= 15 is 0 Å². The Morgan fingerprint density at radius 1 is 1.16 bits per heavy atom. The normalized spacial score (nSPS) is 30.6. The zero-order chi connectivity index (χ0) is 13.3. The summed E-state index contributed by atoms with van der Waals surface area (Å²) in [6, 6.07) is 0.627. The van der Waals surface area contributed by atoms with Crippen LogP contribution in [0.2, 0.25) is 0 Å². The maximum atomic E-state index is 12.4. The number of likely N-dealkylation sites (tertiary alicyclic amines) is 2. The maximum absolute atomic E-state index is 12.4. The van der Waals surface area contributed by atoms with Crippen molar-refractivity contribution in [2.75, 3.05) is 32.7 Å². The van der Waals surface area contributed by atoms with Crippen molar-refractivity contribution in [1.29, 1.82) is 0 Å². The molecule has 0 spiro atoms. The van der Waals surface area contributed by atoms with Crippen LogP contribution in [0.4, 0.5) is 0 Å². The van der Waals surface area contributed by atoms with E-state index in [1.54, 1.807) is 0 Å². The van der Waals surface area contributed by atoms with E-state index in [4.69, 9.17) is 5.73 Å². The molecule has 1 unspecified atom stereocenters. The molecule has 0 bridgehead atoms. The maximum Gasteiger partial charge on any atom is 0.223 e. The Balaban J connectivity index is 1.51. The first-order valence-electron chi connectivity index (χ1n) is 7.94. The highest BCUT2D eigenvalue weighted by atomic mass is 16.2. The molecule has 3 fully saturated rings. The van der Waals surface area contributed by atoms with Crippen LogP contribution < -0.4 is 5.73 Å². The van der Waals surface area contributed by atoms with Crippen LogP contribution in [-0.2, 0) is 4.79 Å². The van der Waals surface area contributed by atoms with Gasteiger partial charge in [-0.15, -0.1) is 0 Å². The number of nitrogens with two attached hydrogens (primary N) is 1. The minimum atomic E-state index is 0.156. The van der Waals surface area contributed by atoms with Gasteiger partial charge in [-0.25, -0.2) is 0 Å². The van der Waals surface area contributed by atoms with Crippen LogP contribution in [0, 0.1) is 5.41 Å². The second-order valence-electron chi connectivity index (χ2n) is 6.76. The average molecular weight is 265 g/mol. The molecule has 3 rings (SSSR count). The summed E-state index contributed by atoms with van der Waals surface area (Å²) in [4.78, 5) is 17.1. The third-order valence-corrected chi connectivity index (χ3v) is 5.55. The number of hydrogen-bond donors (Lipinski definition) is 1. The molecule has 0 aromatic rings. The van der Waals surface area contributed by atoms with Crippen molar-refractivity contribution < 1.29 is 4.79 Å². The van der Waals surface area contributed by atoms with Gasteiger partial charge in [0.05, 0.1) is 0 Å². The minimum Gasteiger partial charge on any atom is -0.341 e. The van der Waals surface area contributed by atoms with Gasteiger partial charge in [-0.2, -0.15) is 0 Å². The Bertz CT molecular complexity index is 329. The average Bonchev–Trinajstić information content (AvgIpc) is 3.02. The zero-order valence-electron chi connectivity index (χ0n) is 11.9. The van der Waals surface area contributed by atoms with Gasteiger partial charge in [-0.1, -0.05) is 6.42 Å². The summed E-state index contributed by atoms with van der Waals surface area (Å²) in [5.74, 6) is 0.354. The largest absolute Gasteiger partial charge is 0.341 e. The minimum absolute atomic E-state index is 0.156. The number of rotatable bonds is 4. The quantitative estimate of drug-likeness (QED) is 0.831. The van der Waals surface area contributed by atoms with E-state index in [9.17, 15) is 4.79 Å². The third kappa shape index (κ3) is 2.65. The van der Waals surface area contributed by atoms with Gasteiger partial charge in [-0.05, 0) is 57.2 Å². The molecular formula is C15H27N3O. The fraction of sp³-hybridized carbons (Fsp3) is 0.933. The van der Waals surface area contributed by atoms with Crippen molar-refractivity contribution in [3.63, 3.8) is 0 Å². The van der Waals surface area contributed by atoms with Crippen molar-refractivity contribution in [3.05, 3.63) is 0 Å². The van der Waals surface area contributed by atoms with Gasteiger partial charge in [-0.3, -0.25) is 9.69 Å². The Labute approximate surface area is 116 Å². The van der Waals surface area contributed by atoms with Crippen LogP contribution in [0.3, 0.4) is 0 Å². The standard InChI is InChI=1S/C15H27N3O/c16-12-15(5-3-6-15)10-14(19)18-9-4-13(11-18)17-7-1-2-8-17/h13H,1-12,16H2. The van der Waals surface area contributed by atoms with Gasteiger partial charge >= 0.3 is 0 Å². The Kier molecular flexibility index (Phi) is 3.81. The van der Waals surface area contributed by atoms with E-state index in [2.05, 4.69) is 9.80 Å². The molecule has 4 heteroatoms. The van der Waals surface area contributed by atoms with Crippen LogP contribution in [0.1, 0.15) is 44.9 Å². The van der Waals surface area contributed by atoms with Gasteiger partial charge < -0.3 is 10.6 Å². The fourth-order valence-corrected chi connectivity index (χ4v) is 3.94. The molecule has 1 saturated carbocycles. The molecule has 0 aromatic heterocycles. The van der Waals surface area contributed by atoms with Crippen molar-refractivity contribution in [1.82, 2.24) is 9.80 Å². The summed E-state index contributed by atoms with van der Waals surface area (Å²) < 4.78 is 0. The highest BCUT2D eigenvalue weighted by Crippen LogP contribution is 2.43. The molecule has 2 N–H and O–H groups in total. The lowest BCUT2D eigenvalue weighted by molar-refractivity contribution is -0.134. The van der Waals surface area contributed by atoms with Crippen LogP contribution in [0.25, 0.3) is 0 Å². The smallest absolute Gasteiger partial charge is 0.223 e. The Hall–Kier alpha value is -0.610. The number of carbonyl (C=O) groups is 1. The summed E-state index contributed by atoms with van der Waals surface area (Å²) >= 11 is 0. The van der Waals surface area contributed by atoms with Crippen molar-refractivity contribution >= 4 is 5.91 Å². The van der Waals surface area contributed by atoms with Gasteiger partial charge in [0, 0.05) is 25.6 Å². The van der Waals surface area contributed by atoms with Crippen molar-refractivity contribution in [2.24, 2.45) is 11.1 Å². The first-order chi connectivity index (χ1) is 9.22. The summed E-state index contributed by atoms with van der Waals surface area (Å²) in [6.45, 7) is 5.07. The molecule has 3 aliphatic rings. The summed E-state index contributed by atoms with van der Waals surface area (Å²) in [5.41, 5.74) is 6.02. The first kappa shape index (κ1) is 13.4. The van der Waals surface area contributed by atoms with Crippen molar-refractivity contribution in [3.8, 4) is 0 Å². The van der Waals surface area contributed by atoms with Crippen LogP contribution >= 0.6 is 0 Å². The van der Waals surface area contributed by atoms with E-state index < -0.39 is 0 Å². The van der Waals surface area contributed by atoms with Crippen LogP contribution in [0.15, 0.2) is 0 Å². The second kappa shape index (κ2) is 5.41. The highest BCUT2D eigenvalue weighted by Gasteiger charge is 2.40. The molecule has 2 heterocycles. The first-order valence-corrected chi connectivity index (χ1v) is 7.94. The topological polar surface area (TPSA) is 49.6 Å². The Morgan fingerprint density at radius 3 is 2.47 bits per heavy atom. The molecule has 1 amide bonds. The van der Waals surface area contributed by atoms with E-state index in [-0.39, 0.29) is 5.41 Å². The lowest BCUT2D eigenvalue weighted by Gasteiger charge is -2.41. The second-order valence-corrected chi connectivity index (χ2v) is 6.76. The number of amides is 1. The summed E-state index contributed by atoms with van der Waals surface area (Å²) in [5, 5.41) is 0. The lowest BCUT2D eigenvalue weighted by Crippen LogP contribution is -2.43. The third-order valence-electron chi connectivity index (χ3n) is 5.55. The highest BCUT2D eigenvalue weighted by molar-refractivity contribution is 5.77. The zero-order valence-corrected chi connectivity index (χ0v) is 11.9. The van der Waals surface area contributed by atoms with E-state index in [1.165, 1.54) is 38.8 Å². The molecular weight excluding hydrogens is 238 g/mol. The lowest BCUT2D eigenvalue weighted by atomic mass is 9.66. The number of hydrogen-bond acceptors (Lipinski definition) is 3. The van der Waals surface area contributed by atoms with Gasteiger partial charge in [0.25, 0.3) is 0 Å². The molecule has 4 nitrogen and oxygen atoms in total. The predicted octanol–water partition coefficient (Wildman–Crippen LogP) is 1.20. The van der Waals surface area contributed by atoms with Crippen LogP contribution in [-0.4, -0.2) is 54.5 Å². The molecule has 108 valence electrons. The van der Waals surface area contributed by atoms with Gasteiger partial charge in [0.15, 0.2) is 0 Å². The Morgan fingerprint density at radius 2 is 1.89 bits per heavy atom. The van der Waals surface area contributed by atoms with Gasteiger partial charge in [0.1, 0.15) is 0 Å². The number of nitrogens with zero attached hydrogens (tertiary/aromatic N) is 2. The molecule has 2 aliphatic heterocycles. The summed E-state index contributed by atoms with van der Waals surface area (Å²) in [7, 11) is 0. The number of carbonyl (C=O) groups excluding carboxylic acids is 1. The molecule has 19 heavy (non-hydrogen) atoms. The molecule has 0 radical (unpaired) electrons. The molecule has 0 aromatic carbocycles. The fourth-order valence-electron chi connectivity index (χ4n) is 3.94. The molecule has 1 aliphatic carbocycles. The van der Waals surface area contributed by atoms with Crippen molar-refractivity contribution in [2.45, 2.75) is 51.0 Å². The monoisotopic (exact) mass is 265 g/mol. The predicted molar refractivity (Wildman–Crippen MR) is 75.7 cm³/mol. The van der Waals surface area contributed by atoms with Crippen LogP contribution in [0.5, 0.6) is 0 Å². The van der Waals surface area contributed by atoms with E-state index in [0.717, 1.165) is 25.9 Å². The molecule has 2 saturated heterocycles. The molecule has 1 atom stereocenters.